The lowest BCUT2D eigenvalue weighted by molar-refractivity contribution is 0.0399. The van der Waals surface area contributed by atoms with E-state index in [1.165, 1.54) is 23.4 Å². The molecule has 127 valence electrons. The second-order valence-electron chi connectivity index (χ2n) is 6.96. The Morgan fingerprint density at radius 1 is 1.09 bits per heavy atom. The van der Waals surface area contributed by atoms with Crippen molar-refractivity contribution in [1.29, 1.82) is 0 Å². The number of piperidine rings is 1. The molecule has 6 nitrogen and oxygen atoms in total. The molecule has 3 heterocycles. The Kier molecular flexibility index (Phi) is 5.09. The summed E-state index contributed by atoms with van der Waals surface area (Å²) in [6.07, 6.45) is 8.18. The molecule has 7 heteroatoms. The van der Waals surface area contributed by atoms with Crippen LogP contribution in [0.25, 0.3) is 0 Å². The quantitative estimate of drug-likeness (QED) is 0.753. The molecule has 1 N–H and O–H groups in total. The molecule has 2 bridgehead atoms. The van der Waals surface area contributed by atoms with Gasteiger partial charge in [-0.2, -0.15) is 4.31 Å². The standard InChI is InChI=1S/C15H28N3O3S/c1-22(20,21)17-9-7-16(8-10-17)11-15(19)12-18-13-3-2-4-14(18)6-5-13/h2,13-15,19H,3-12H2,1H3/t13-,14+,15-/m0/s1. The van der Waals surface area contributed by atoms with E-state index < -0.39 is 10.0 Å². The van der Waals surface area contributed by atoms with Crippen molar-refractivity contribution < 1.29 is 13.5 Å². The maximum atomic E-state index is 11.5. The minimum Gasteiger partial charge on any atom is -0.390 e. The third-order valence-corrected chi connectivity index (χ3v) is 6.64. The topological polar surface area (TPSA) is 64.1 Å². The fourth-order valence-electron chi connectivity index (χ4n) is 4.14. The number of β-amino-alcohol motifs (C(OH)–C–C–N with tert-alkyl or cyclic N) is 1. The summed E-state index contributed by atoms with van der Waals surface area (Å²) in [4.78, 5) is 4.68. The molecule has 1 radical (unpaired) electrons. The zero-order valence-electron chi connectivity index (χ0n) is 13.4. The minimum atomic E-state index is -3.07. The zero-order valence-corrected chi connectivity index (χ0v) is 14.2. The van der Waals surface area contributed by atoms with Gasteiger partial charge in [0.2, 0.25) is 10.0 Å². The maximum Gasteiger partial charge on any atom is 0.211 e. The van der Waals surface area contributed by atoms with E-state index in [1.54, 1.807) is 0 Å². The van der Waals surface area contributed by atoms with Crippen LogP contribution in [0.5, 0.6) is 0 Å². The summed E-state index contributed by atoms with van der Waals surface area (Å²) in [6, 6.07) is 1.27. The van der Waals surface area contributed by atoms with Crippen LogP contribution in [0.3, 0.4) is 0 Å². The van der Waals surface area contributed by atoms with Gasteiger partial charge in [-0.1, -0.05) is 0 Å². The Morgan fingerprint density at radius 3 is 2.23 bits per heavy atom. The highest BCUT2D eigenvalue weighted by molar-refractivity contribution is 7.88. The van der Waals surface area contributed by atoms with Crippen molar-refractivity contribution >= 4 is 10.0 Å². The van der Waals surface area contributed by atoms with Crippen molar-refractivity contribution in [3.63, 3.8) is 0 Å². The zero-order chi connectivity index (χ0) is 15.7. The second-order valence-corrected chi connectivity index (χ2v) is 8.94. The summed E-state index contributed by atoms with van der Waals surface area (Å²) >= 11 is 0. The third kappa shape index (κ3) is 3.82. The fourth-order valence-corrected chi connectivity index (χ4v) is 4.97. The summed E-state index contributed by atoms with van der Waals surface area (Å²) in [6.45, 7) is 3.91. The summed E-state index contributed by atoms with van der Waals surface area (Å²) in [5.74, 6) is 0. The average Bonchev–Trinajstić information content (AvgIpc) is 2.69. The van der Waals surface area contributed by atoms with Crippen LogP contribution in [0.4, 0.5) is 0 Å². The van der Waals surface area contributed by atoms with E-state index in [-0.39, 0.29) is 6.10 Å². The lowest BCUT2D eigenvalue weighted by atomic mass is 10.0. The molecule has 0 amide bonds. The van der Waals surface area contributed by atoms with Gasteiger partial charge in [0, 0.05) is 51.4 Å². The molecular formula is C15H28N3O3S. The van der Waals surface area contributed by atoms with Crippen LogP contribution in [-0.4, -0.2) is 91.3 Å². The number of aliphatic hydroxyl groups excluding tert-OH is 1. The molecule has 3 atom stereocenters. The van der Waals surface area contributed by atoms with Crippen LogP contribution in [0.1, 0.15) is 25.7 Å². The van der Waals surface area contributed by atoms with Crippen molar-refractivity contribution in [2.45, 2.75) is 43.9 Å². The van der Waals surface area contributed by atoms with Crippen LogP contribution >= 0.6 is 0 Å². The van der Waals surface area contributed by atoms with Gasteiger partial charge >= 0.3 is 0 Å². The van der Waals surface area contributed by atoms with Crippen molar-refractivity contribution in [3.05, 3.63) is 6.42 Å². The van der Waals surface area contributed by atoms with Crippen LogP contribution in [0, 0.1) is 6.42 Å². The molecule has 0 spiro atoms. The van der Waals surface area contributed by atoms with E-state index >= 15 is 0 Å². The molecule has 0 aromatic heterocycles. The number of hydrogen-bond acceptors (Lipinski definition) is 5. The molecule has 0 aromatic carbocycles. The van der Waals surface area contributed by atoms with Gasteiger partial charge in [-0.3, -0.25) is 9.80 Å². The smallest absolute Gasteiger partial charge is 0.211 e. The molecule has 3 aliphatic rings. The summed E-state index contributed by atoms with van der Waals surface area (Å²) in [7, 11) is -3.07. The molecule has 3 fully saturated rings. The lowest BCUT2D eigenvalue weighted by Gasteiger charge is -2.38. The Labute approximate surface area is 134 Å². The molecule has 22 heavy (non-hydrogen) atoms. The molecule has 3 rings (SSSR count). The maximum absolute atomic E-state index is 11.5. The van der Waals surface area contributed by atoms with Crippen molar-refractivity contribution in [1.82, 2.24) is 14.1 Å². The fraction of sp³-hybridized carbons (Fsp3) is 0.933. The first-order valence-corrected chi connectivity index (χ1v) is 10.2. The lowest BCUT2D eigenvalue weighted by Crippen LogP contribution is -2.52. The van der Waals surface area contributed by atoms with E-state index in [0.717, 1.165) is 19.4 Å². The molecule has 3 aliphatic heterocycles. The number of piperazine rings is 1. The van der Waals surface area contributed by atoms with E-state index in [1.807, 2.05) is 0 Å². The first kappa shape index (κ1) is 16.6. The Bertz CT molecular complexity index is 460. The monoisotopic (exact) mass is 330 g/mol. The van der Waals surface area contributed by atoms with E-state index in [4.69, 9.17) is 0 Å². The average molecular weight is 330 g/mol. The normalized spacial score (nSPS) is 33.2. The Balaban J connectivity index is 1.44. The Hall–Kier alpha value is -0.210. The minimum absolute atomic E-state index is 0.342. The number of sulfonamides is 1. The molecule has 0 aliphatic carbocycles. The van der Waals surface area contributed by atoms with Crippen LogP contribution in [0.15, 0.2) is 0 Å². The van der Waals surface area contributed by atoms with Crippen LogP contribution < -0.4 is 0 Å². The summed E-state index contributed by atoms with van der Waals surface area (Å²) in [5.41, 5.74) is 0. The Morgan fingerprint density at radius 2 is 1.68 bits per heavy atom. The van der Waals surface area contributed by atoms with E-state index in [9.17, 15) is 13.5 Å². The highest BCUT2D eigenvalue weighted by Gasteiger charge is 2.37. The number of aliphatic hydroxyl groups is 1. The van der Waals surface area contributed by atoms with Gasteiger partial charge in [0.25, 0.3) is 0 Å². The van der Waals surface area contributed by atoms with Gasteiger partial charge < -0.3 is 5.11 Å². The van der Waals surface area contributed by atoms with Gasteiger partial charge in [-0.25, -0.2) is 8.42 Å². The van der Waals surface area contributed by atoms with E-state index in [0.29, 0.717) is 44.8 Å². The molecule has 0 aromatic rings. The second kappa shape index (κ2) is 6.73. The number of fused-ring (bicyclic) bond motifs is 2. The number of nitrogens with zero attached hydrogens (tertiary/aromatic N) is 3. The van der Waals surface area contributed by atoms with Gasteiger partial charge in [-0.05, 0) is 32.1 Å². The first-order chi connectivity index (χ1) is 10.4. The molecule has 0 saturated carbocycles. The van der Waals surface area contributed by atoms with Crippen LogP contribution in [-0.2, 0) is 10.0 Å². The largest absolute Gasteiger partial charge is 0.390 e. The van der Waals surface area contributed by atoms with Gasteiger partial charge in [-0.15, -0.1) is 0 Å². The third-order valence-electron chi connectivity index (χ3n) is 5.34. The van der Waals surface area contributed by atoms with Crippen LogP contribution in [0.2, 0.25) is 0 Å². The summed E-state index contributed by atoms with van der Waals surface area (Å²) in [5, 5.41) is 10.4. The van der Waals surface area contributed by atoms with E-state index in [2.05, 4.69) is 16.2 Å². The number of hydrogen-bond donors (Lipinski definition) is 1. The van der Waals surface area contributed by atoms with Crippen molar-refractivity contribution in [2.24, 2.45) is 0 Å². The molecule has 0 unspecified atom stereocenters. The SMILES string of the molecule is CS(=O)(=O)N1CCN(C[C@H](O)CN2[C@@H]3C[CH]C[C@H]2CC3)CC1. The van der Waals surface area contributed by atoms with Gasteiger partial charge in [0.15, 0.2) is 0 Å². The summed E-state index contributed by atoms with van der Waals surface area (Å²) < 4.78 is 24.5. The highest BCUT2D eigenvalue weighted by atomic mass is 32.2. The highest BCUT2D eigenvalue weighted by Crippen LogP contribution is 2.34. The van der Waals surface area contributed by atoms with Crippen molar-refractivity contribution in [2.75, 3.05) is 45.5 Å². The predicted octanol–water partition coefficient (Wildman–Crippen LogP) is -0.244. The molecule has 3 saturated heterocycles. The molecular weight excluding hydrogens is 302 g/mol. The van der Waals surface area contributed by atoms with Crippen molar-refractivity contribution in [3.8, 4) is 0 Å². The number of rotatable bonds is 5. The van der Waals surface area contributed by atoms with Gasteiger partial charge in [0.05, 0.1) is 12.4 Å². The predicted molar refractivity (Wildman–Crippen MR) is 85.9 cm³/mol. The van der Waals surface area contributed by atoms with Gasteiger partial charge in [0.1, 0.15) is 0 Å². The first-order valence-electron chi connectivity index (χ1n) is 8.36.